The van der Waals surface area contributed by atoms with Crippen molar-refractivity contribution >= 4 is 21.9 Å². The molecule has 2 saturated heterocycles. The van der Waals surface area contributed by atoms with E-state index in [1.807, 2.05) is 13.8 Å². The normalized spacial score (nSPS) is 23.9. The van der Waals surface area contributed by atoms with Gasteiger partial charge in [-0.2, -0.15) is 4.31 Å². The van der Waals surface area contributed by atoms with Crippen LogP contribution >= 0.6 is 0 Å². The number of carbonyl (C=O) groups excluding carboxylic acids is 2. The topological polar surface area (TPSA) is 93.2 Å². The Balaban J connectivity index is 1.64. The molecule has 2 aliphatic rings. The number of rotatable bonds is 5. The van der Waals surface area contributed by atoms with Crippen LogP contribution in [0.4, 0.5) is 0 Å². The number of morpholine rings is 1. The Bertz CT molecular complexity index is 869. The first kappa shape index (κ1) is 22.7. The van der Waals surface area contributed by atoms with E-state index in [0.717, 1.165) is 12.8 Å². The highest BCUT2D eigenvalue weighted by Crippen LogP contribution is 2.22. The Morgan fingerprint density at radius 3 is 2.37 bits per heavy atom. The summed E-state index contributed by atoms with van der Waals surface area (Å²) < 4.78 is 38.2. The largest absolute Gasteiger partial charge is 0.452 e. The summed E-state index contributed by atoms with van der Waals surface area (Å²) >= 11 is 0. The van der Waals surface area contributed by atoms with E-state index in [4.69, 9.17) is 9.47 Å². The Kier molecular flexibility index (Phi) is 7.15. The van der Waals surface area contributed by atoms with Gasteiger partial charge in [0.05, 0.1) is 22.7 Å². The van der Waals surface area contributed by atoms with Gasteiger partial charge in [-0.15, -0.1) is 0 Å². The molecule has 0 aromatic heterocycles. The molecular formula is C21H30N2O6S. The molecule has 2 aliphatic heterocycles. The second kappa shape index (κ2) is 9.45. The molecule has 0 aliphatic carbocycles. The Labute approximate surface area is 178 Å². The Hall–Kier alpha value is -1.97. The number of likely N-dealkylation sites (tertiary alicyclic amines) is 1. The summed E-state index contributed by atoms with van der Waals surface area (Å²) in [7, 11) is -3.77. The number of esters is 1. The van der Waals surface area contributed by atoms with Gasteiger partial charge in [0.2, 0.25) is 10.0 Å². The van der Waals surface area contributed by atoms with Gasteiger partial charge in [-0.1, -0.05) is 13.0 Å². The van der Waals surface area contributed by atoms with Crippen LogP contribution in [0.15, 0.2) is 29.2 Å². The second-order valence-corrected chi connectivity index (χ2v) is 10.2. The number of carbonyl (C=O) groups is 2. The molecule has 9 heteroatoms. The number of benzene rings is 1. The van der Waals surface area contributed by atoms with E-state index < -0.39 is 16.0 Å². The number of amides is 1. The van der Waals surface area contributed by atoms with Gasteiger partial charge in [0.1, 0.15) is 0 Å². The zero-order chi connectivity index (χ0) is 21.9. The molecule has 2 atom stereocenters. The molecule has 2 heterocycles. The van der Waals surface area contributed by atoms with Crippen LogP contribution in [0.1, 0.15) is 44.0 Å². The van der Waals surface area contributed by atoms with Gasteiger partial charge >= 0.3 is 5.97 Å². The van der Waals surface area contributed by atoms with Crippen LogP contribution in [0.5, 0.6) is 0 Å². The molecule has 0 spiro atoms. The van der Waals surface area contributed by atoms with Crippen LogP contribution in [0.25, 0.3) is 0 Å². The van der Waals surface area contributed by atoms with Crippen molar-refractivity contribution < 1.29 is 27.5 Å². The first-order chi connectivity index (χ1) is 14.2. The summed E-state index contributed by atoms with van der Waals surface area (Å²) in [6.45, 7) is 7.31. The van der Waals surface area contributed by atoms with Crippen molar-refractivity contribution in [1.29, 1.82) is 0 Å². The maximum atomic E-state index is 13.0. The van der Waals surface area contributed by atoms with Crippen LogP contribution in [-0.2, 0) is 24.3 Å². The van der Waals surface area contributed by atoms with Gasteiger partial charge in [0, 0.05) is 26.2 Å². The number of ether oxygens (including phenoxy) is 2. The predicted octanol–water partition coefficient (Wildman–Crippen LogP) is 1.90. The fourth-order valence-electron chi connectivity index (χ4n) is 3.82. The third-order valence-corrected chi connectivity index (χ3v) is 7.38. The summed E-state index contributed by atoms with van der Waals surface area (Å²) in [5.74, 6) is -0.344. The van der Waals surface area contributed by atoms with Crippen LogP contribution in [-0.4, -0.2) is 74.5 Å². The van der Waals surface area contributed by atoms with Gasteiger partial charge in [0.15, 0.2) is 6.61 Å². The van der Waals surface area contributed by atoms with Crippen LogP contribution < -0.4 is 0 Å². The van der Waals surface area contributed by atoms with Gasteiger partial charge in [0.25, 0.3) is 5.91 Å². The van der Waals surface area contributed by atoms with E-state index in [0.29, 0.717) is 19.0 Å². The SMILES string of the molecule is CC1CCN(C(=O)COC(=O)c2cccc(S(=O)(=O)N3CC(C)OC(C)C3)c2)CC1. The van der Waals surface area contributed by atoms with E-state index in [9.17, 15) is 18.0 Å². The average Bonchev–Trinajstić information content (AvgIpc) is 2.71. The Morgan fingerprint density at radius 2 is 1.73 bits per heavy atom. The molecule has 3 rings (SSSR count). The standard InChI is InChI=1S/C21H30N2O6S/c1-15-7-9-22(10-8-15)20(24)14-28-21(25)18-5-4-6-19(11-18)30(26,27)23-12-16(2)29-17(3)13-23/h4-6,11,15-17H,7-10,12-14H2,1-3H3. The van der Waals surface area contributed by atoms with Crippen LogP contribution in [0, 0.1) is 5.92 Å². The van der Waals surface area contributed by atoms with Crippen molar-refractivity contribution in [3.05, 3.63) is 29.8 Å². The molecule has 2 unspecified atom stereocenters. The molecule has 1 aromatic rings. The molecular weight excluding hydrogens is 408 g/mol. The summed E-state index contributed by atoms with van der Waals surface area (Å²) in [4.78, 5) is 26.4. The van der Waals surface area contributed by atoms with Crippen molar-refractivity contribution in [3.63, 3.8) is 0 Å². The summed E-state index contributed by atoms with van der Waals surface area (Å²) in [5, 5.41) is 0. The first-order valence-electron chi connectivity index (χ1n) is 10.4. The lowest BCUT2D eigenvalue weighted by Crippen LogP contribution is -2.48. The number of hydrogen-bond acceptors (Lipinski definition) is 6. The summed E-state index contributed by atoms with van der Waals surface area (Å²) in [6.07, 6.45) is 1.47. The average molecular weight is 439 g/mol. The van der Waals surface area contributed by atoms with Gasteiger partial charge in [-0.3, -0.25) is 4.79 Å². The zero-order valence-corrected chi connectivity index (χ0v) is 18.6. The first-order valence-corrected chi connectivity index (χ1v) is 11.8. The molecule has 0 bridgehead atoms. The highest BCUT2D eigenvalue weighted by atomic mass is 32.2. The lowest BCUT2D eigenvalue weighted by Gasteiger charge is -2.34. The molecule has 0 saturated carbocycles. The molecule has 1 amide bonds. The summed E-state index contributed by atoms with van der Waals surface area (Å²) in [5.41, 5.74) is 0.102. The van der Waals surface area contributed by atoms with Crippen molar-refractivity contribution in [2.24, 2.45) is 5.92 Å². The lowest BCUT2D eigenvalue weighted by atomic mass is 9.99. The van der Waals surface area contributed by atoms with E-state index in [-0.39, 0.29) is 48.3 Å². The molecule has 166 valence electrons. The van der Waals surface area contributed by atoms with E-state index in [2.05, 4.69) is 6.92 Å². The highest BCUT2D eigenvalue weighted by Gasteiger charge is 2.32. The minimum absolute atomic E-state index is 0.0228. The zero-order valence-electron chi connectivity index (χ0n) is 17.7. The fourth-order valence-corrected chi connectivity index (χ4v) is 5.46. The molecule has 30 heavy (non-hydrogen) atoms. The van der Waals surface area contributed by atoms with E-state index in [1.54, 1.807) is 4.90 Å². The maximum Gasteiger partial charge on any atom is 0.338 e. The molecule has 0 radical (unpaired) electrons. The van der Waals surface area contributed by atoms with Crippen molar-refractivity contribution in [2.45, 2.75) is 50.7 Å². The van der Waals surface area contributed by atoms with Crippen molar-refractivity contribution in [2.75, 3.05) is 32.8 Å². The monoisotopic (exact) mass is 438 g/mol. The van der Waals surface area contributed by atoms with Gasteiger partial charge in [-0.05, 0) is 50.8 Å². The van der Waals surface area contributed by atoms with E-state index in [1.165, 1.54) is 28.6 Å². The van der Waals surface area contributed by atoms with E-state index >= 15 is 0 Å². The number of nitrogens with zero attached hydrogens (tertiary/aromatic N) is 2. The quantitative estimate of drug-likeness (QED) is 0.652. The van der Waals surface area contributed by atoms with Crippen molar-refractivity contribution in [1.82, 2.24) is 9.21 Å². The Morgan fingerprint density at radius 1 is 1.10 bits per heavy atom. The molecule has 1 aromatic carbocycles. The maximum absolute atomic E-state index is 13.0. The highest BCUT2D eigenvalue weighted by molar-refractivity contribution is 7.89. The third-order valence-electron chi connectivity index (χ3n) is 5.56. The lowest BCUT2D eigenvalue weighted by molar-refractivity contribution is -0.135. The number of sulfonamides is 1. The number of piperidine rings is 1. The minimum atomic E-state index is -3.77. The molecule has 0 N–H and O–H groups in total. The third kappa shape index (κ3) is 5.39. The number of hydrogen-bond donors (Lipinski definition) is 0. The van der Waals surface area contributed by atoms with Crippen LogP contribution in [0.2, 0.25) is 0 Å². The fraction of sp³-hybridized carbons (Fsp3) is 0.619. The summed E-state index contributed by atoms with van der Waals surface area (Å²) in [6, 6.07) is 5.75. The smallest absolute Gasteiger partial charge is 0.338 e. The van der Waals surface area contributed by atoms with Gasteiger partial charge < -0.3 is 14.4 Å². The van der Waals surface area contributed by atoms with Crippen LogP contribution in [0.3, 0.4) is 0 Å². The molecule has 8 nitrogen and oxygen atoms in total. The minimum Gasteiger partial charge on any atom is -0.452 e. The van der Waals surface area contributed by atoms with Crippen molar-refractivity contribution in [3.8, 4) is 0 Å². The predicted molar refractivity (Wildman–Crippen MR) is 110 cm³/mol. The molecule has 2 fully saturated rings. The van der Waals surface area contributed by atoms with Gasteiger partial charge in [-0.25, -0.2) is 13.2 Å². The second-order valence-electron chi connectivity index (χ2n) is 8.25.